The van der Waals surface area contributed by atoms with E-state index in [0.29, 0.717) is 4.34 Å². The summed E-state index contributed by atoms with van der Waals surface area (Å²) in [4.78, 5) is 0. The second-order valence-electron chi connectivity index (χ2n) is 3.66. The SMILES string of the molecule is CC(Nc1cccc(Br)c1)c1cc(Cl)sc1Cl. The molecule has 5 heteroatoms. The lowest BCUT2D eigenvalue weighted by Gasteiger charge is -2.14. The Balaban J connectivity index is 2.16. The topological polar surface area (TPSA) is 12.0 Å². The first-order valence-electron chi connectivity index (χ1n) is 5.03. The van der Waals surface area contributed by atoms with Gasteiger partial charge in [0.1, 0.15) is 0 Å². The first kappa shape index (κ1) is 13.2. The number of halogens is 3. The molecule has 1 heterocycles. The van der Waals surface area contributed by atoms with Crippen molar-refractivity contribution in [3.8, 4) is 0 Å². The Bertz CT molecular complexity index is 527. The van der Waals surface area contributed by atoms with Gasteiger partial charge >= 0.3 is 0 Å². The number of benzene rings is 1. The number of hydrogen-bond donors (Lipinski definition) is 1. The lowest BCUT2D eigenvalue weighted by molar-refractivity contribution is 0.890. The molecule has 2 aromatic rings. The maximum Gasteiger partial charge on any atom is 0.0996 e. The van der Waals surface area contributed by atoms with E-state index in [1.165, 1.54) is 11.3 Å². The Hall–Kier alpha value is -0.220. The van der Waals surface area contributed by atoms with Gasteiger partial charge in [0.15, 0.2) is 0 Å². The summed E-state index contributed by atoms with van der Waals surface area (Å²) >= 11 is 16.9. The average Bonchev–Trinajstić information content (AvgIpc) is 2.58. The molecule has 1 aromatic heterocycles. The van der Waals surface area contributed by atoms with E-state index in [9.17, 15) is 0 Å². The predicted octanol–water partition coefficient (Wildman–Crippen LogP) is 5.99. The van der Waals surface area contributed by atoms with Gasteiger partial charge in [0, 0.05) is 15.7 Å². The minimum absolute atomic E-state index is 0.126. The Morgan fingerprint density at radius 3 is 2.65 bits per heavy atom. The highest BCUT2D eigenvalue weighted by atomic mass is 79.9. The third-order valence-corrected chi connectivity index (χ3v) is 4.37. The normalized spacial score (nSPS) is 12.5. The fraction of sp³-hybridized carbons (Fsp3) is 0.167. The summed E-state index contributed by atoms with van der Waals surface area (Å²) in [5, 5.41) is 3.39. The van der Waals surface area contributed by atoms with Gasteiger partial charge in [-0.3, -0.25) is 0 Å². The van der Waals surface area contributed by atoms with Crippen molar-refractivity contribution in [3.05, 3.63) is 49.0 Å². The van der Waals surface area contributed by atoms with E-state index in [4.69, 9.17) is 23.2 Å². The molecule has 0 aliphatic rings. The third-order valence-electron chi connectivity index (χ3n) is 2.36. The van der Waals surface area contributed by atoms with Gasteiger partial charge in [-0.05, 0) is 31.2 Å². The lowest BCUT2D eigenvalue weighted by atomic mass is 10.1. The predicted molar refractivity (Wildman–Crippen MR) is 80.5 cm³/mol. The molecule has 90 valence electrons. The molecule has 0 amide bonds. The van der Waals surface area contributed by atoms with Crippen molar-refractivity contribution in [1.29, 1.82) is 0 Å². The first-order chi connectivity index (χ1) is 8.06. The van der Waals surface area contributed by atoms with Gasteiger partial charge in [-0.25, -0.2) is 0 Å². The molecule has 2 rings (SSSR count). The summed E-state index contributed by atoms with van der Waals surface area (Å²) < 4.78 is 2.50. The van der Waals surface area contributed by atoms with Crippen molar-refractivity contribution < 1.29 is 0 Å². The van der Waals surface area contributed by atoms with E-state index in [1.54, 1.807) is 0 Å². The van der Waals surface area contributed by atoms with Crippen molar-refractivity contribution in [2.24, 2.45) is 0 Å². The van der Waals surface area contributed by atoms with Crippen molar-refractivity contribution in [3.63, 3.8) is 0 Å². The summed E-state index contributed by atoms with van der Waals surface area (Å²) in [5.41, 5.74) is 2.08. The van der Waals surface area contributed by atoms with Crippen LogP contribution in [0.15, 0.2) is 34.8 Å². The van der Waals surface area contributed by atoms with E-state index in [2.05, 4.69) is 28.2 Å². The van der Waals surface area contributed by atoms with Gasteiger partial charge in [-0.1, -0.05) is 45.2 Å². The van der Waals surface area contributed by atoms with Crippen LogP contribution in [0.4, 0.5) is 5.69 Å². The van der Waals surface area contributed by atoms with Gasteiger partial charge < -0.3 is 5.32 Å². The zero-order chi connectivity index (χ0) is 12.4. The van der Waals surface area contributed by atoms with Gasteiger partial charge in [0.05, 0.1) is 14.7 Å². The highest BCUT2D eigenvalue weighted by Gasteiger charge is 2.13. The molecule has 1 aromatic carbocycles. The van der Waals surface area contributed by atoms with E-state index in [-0.39, 0.29) is 6.04 Å². The van der Waals surface area contributed by atoms with Crippen LogP contribution in [0, 0.1) is 0 Å². The largest absolute Gasteiger partial charge is 0.378 e. The standard InChI is InChI=1S/C12H10BrCl2NS/c1-7(10-6-11(14)17-12(10)15)16-9-4-2-3-8(13)5-9/h2-7,16H,1H3. The number of nitrogens with one attached hydrogen (secondary N) is 1. The minimum Gasteiger partial charge on any atom is -0.378 e. The maximum atomic E-state index is 6.12. The lowest BCUT2D eigenvalue weighted by Crippen LogP contribution is -2.05. The molecular weight excluding hydrogens is 341 g/mol. The first-order valence-corrected chi connectivity index (χ1v) is 7.39. The molecule has 1 N–H and O–H groups in total. The maximum absolute atomic E-state index is 6.12. The average molecular weight is 351 g/mol. The van der Waals surface area contributed by atoms with Crippen molar-refractivity contribution in [1.82, 2.24) is 0 Å². The van der Waals surface area contributed by atoms with Crippen LogP contribution in [0.25, 0.3) is 0 Å². The Morgan fingerprint density at radius 1 is 1.29 bits per heavy atom. The van der Waals surface area contributed by atoms with Crippen LogP contribution in [-0.4, -0.2) is 0 Å². The molecule has 1 unspecified atom stereocenters. The van der Waals surface area contributed by atoms with Crippen molar-refractivity contribution in [2.45, 2.75) is 13.0 Å². The molecule has 0 saturated carbocycles. The quantitative estimate of drug-likeness (QED) is 0.716. The highest BCUT2D eigenvalue weighted by Crippen LogP contribution is 2.36. The van der Waals surface area contributed by atoms with E-state index in [0.717, 1.165) is 20.1 Å². The Labute approximate surface area is 123 Å². The molecule has 0 fully saturated rings. The molecule has 0 bridgehead atoms. The summed E-state index contributed by atoms with van der Waals surface area (Å²) in [6.07, 6.45) is 0. The smallest absolute Gasteiger partial charge is 0.0996 e. The Morgan fingerprint density at radius 2 is 2.06 bits per heavy atom. The zero-order valence-electron chi connectivity index (χ0n) is 9.01. The van der Waals surface area contributed by atoms with Gasteiger partial charge in [-0.2, -0.15) is 0 Å². The number of hydrogen-bond acceptors (Lipinski definition) is 2. The fourth-order valence-electron chi connectivity index (χ4n) is 1.55. The third kappa shape index (κ3) is 3.38. The van der Waals surface area contributed by atoms with Crippen LogP contribution in [0.5, 0.6) is 0 Å². The Kier molecular flexibility index (Phi) is 4.36. The summed E-state index contributed by atoms with van der Waals surface area (Å²) in [6, 6.07) is 10.1. The number of anilines is 1. The van der Waals surface area contributed by atoms with E-state index < -0.39 is 0 Å². The van der Waals surface area contributed by atoms with Gasteiger partial charge in [0.2, 0.25) is 0 Å². The molecule has 0 radical (unpaired) electrons. The summed E-state index contributed by atoms with van der Waals surface area (Å²) in [6.45, 7) is 2.06. The zero-order valence-corrected chi connectivity index (χ0v) is 12.9. The van der Waals surface area contributed by atoms with Crippen LogP contribution in [0.3, 0.4) is 0 Å². The number of thiophene rings is 1. The molecule has 0 saturated heterocycles. The van der Waals surface area contributed by atoms with Crippen LogP contribution < -0.4 is 5.32 Å². The molecular formula is C12H10BrCl2NS. The summed E-state index contributed by atoms with van der Waals surface area (Å²) in [5.74, 6) is 0. The van der Waals surface area contributed by atoms with Crippen LogP contribution in [0.2, 0.25) is 8.67 Å². The monoisotopic (exact) mass is 349 g/mol. The van der Waals surface area contributed by atoms with E-state index in [1.807, 2.05) is 30.3 Å². The molecule has 0 aliphatic carbocycles. The molecule has 0 aliphatic heterocycles. The van der Waals surface area contributed by atoms with E-state index >= 15 is 0 Å². The molecule has 0 spiro atoms. The second-order valence-corrected chi connectivity index (χ2v) is 6.86. The molecule has 1 atom stereocenters. The van der Waals surface area contributed by atoms with Crippen LogP contribution >= 0.6 is 50.5 Å². The van der Waals surface area contributed by atoms with Crippen molar-refractivity contribution >= 4 is 56.2 Å². The minimum atomic E-state index is 0.126. The second kappa shape index (κ2) is 5.61. The van der Waals surface area contributed by atoms with Crippen LogP contribution in [0.1, 0.15) is 18.5 Å². The van der Waals surface area contributed by atoms with Gasteiger partial charge in [-0.15, -0.1) is 11.3 Å². The highest BCUT2D eigenvalue weighted by molar-refractivity contribution is 9.10. The van der Waals surface area contributed by atoms with Crippen LogP contribution in [-0.2, 0) is 0 Å². The van der Waals surface area contributed by atoms with Gasteiger partial charge in [0.25, 0.3) is 0 Å². The molecule has 1 nitrogen and oxygen atoms in total. The molecule has 17 heavy (non-hydrogen) atoms. The number of rotatable bonds is 3. The fourth-order valence-corrected chi connectivity index (χ4v) is 3.60. The van der Waals surface area contributed by atoms with Crippen molar-refractivity contribution in [2.75, 3.05) is 5.32 Å². The summed E-state index contributed by atoms with van der Waals surface area (Å²) in [7, 11) is 0.